The zero-order chi connectivity index (χ0) is 19.9. The highest BCUT2D eigenvalue weighted by Crippen LogP contribution is 2.25. The van der Waals surface area contributed by atoms with E-state index in [4.69, 9.17) is 16.3 Å². The molecule has 2 saturated heterocycles. The summed E-state index contributed by atoms with van der Waals surface area (Å²) in [4.78, 5) is 13.5. The Balaban J connectivity index is 0.00000300. The Bertz CT molecular complexity index is 662. The van der Waals surface area contributed by atoms with Crippen LogP contribution < -0.4 is 15.5 Å². The SMILES string of the molecule is CN=C(NCC1CN(CC(C)C)CCO1)NC1CCN(c2ncccc2Cl)C1.I. The molecule has 3 heterocycles. The average molecular weight is 537 g/mol. The molecule has 29 heavy (non-hydrogen) atoms. The first-order valence-electron chi connectivity index (χ1n) is 10.2. The van der Waals surface area contributed by atoms with Crippen LogP contribution in [0.15, 0.2) is 23.3 Å². The molecule has 0 aliphatic carbocycles. The summed E-state index contributed by atoms with van der Waals surface area (Å²) in [6.07, 6.45) is 3.00. The standard InChI is InChI=1S/C20H33ClN6O.HI/c1-15(2)12-26-9-10-28-17(14-26)11-24-20(22-3)25-16-6-8-27(13-16)19-18(21)5-4-7-23-19;/h4-5,7,15-17H,6,8-14H2,1-3H3,(H2,22,24,25);1H. The molecular formula is C20H34ClIN6O. The predicted molar refractivity (Wildman–Crippen MR) is 131 cm³/mol. The number of nitrogens with zero attached hydrogens (tertiary/aromatic N) is 4. The van der Waals surface area contributed by atoms with Gasteiger partial charge >= 0.3 is 0 Å². The summed E-state index contributed by atoms with van der Waals surface area (Å²) in [7, 11) is 1.81. The Hall–Kier alpha value is -0.840. The summed E-state index contributed by atoms with van der Waals surface area (Å²) >= 11 is 6.29. The highest BCUT2D eigenvalue weighted by Gasteiger charge is 2.26. The third kappa shape index (κ3) is 7.41. The monoisotopic (exact) mass is 536 g/mol. The normalized spacial score (nSPS) is 23.2. The smallest absolute Gasteiger partial charge is 0.191 e. The summed E-state index contributed by atoms with van der Waals surface area (Å²) in [5, 5.41) is 7.66. The van der Waals surface area contributed by atoms with Crippen LogP contribution in [0.2, 0.25) is 5.02 Å². The van der Waals surface area contributed by atoms with Gasteiger partial charge in [0.2, 0.25) is 0 Å². The number of morpholine rings is 1. The molecule has 0 aromatic carbocycles. The van der Waals surface area contributed by atoms with Gasteiger partial charge in [-0.2, -0.15) is 0 Å². The van der Waals surface area contributed by atoms with Gasteiger partial charge in [-0.3, -0.25) is 9.89 Å². The molecule has 1 aromatic rings. The first-order chi connectivity index (χ1) is 13.5. The molecule has 1 aromatic heterocycles. The molecule has 2 aliphatic rings. The molecule has 164 valence electrons. The minimum absolute atomic E-state index is 0. The molecule has 7 nitrogen and oxygen atoms in total. The fourth-order valence-corrected chi connectivity index (χ4v) is 4.11. The van der Waals surface area contributed by atoms with E-state index in [0.29, 0.717) is 17.0 Å². The molecular weight excluding hydrogens is 503 g/mol. The van der Waals surface area contributed by atoms with E-state index in [0.717, 1.165) is 64.1 Å². The lowest BCUT2D eigenvalue weighted by Gasteiger charge is -2.34. The van der Waals surface area contributed by atoms with Crippen LogP contribution in [0.1, 0.15) is 20.3 Å². The Morgan fingerprint density at radius 1 is 1.38 bits per heavy atom. The lowest BCUT2D eigenvalue weighted by Crippen LogP contribution is -2.51. The number of hydrogen-bond acceptors (Lipinski definition) is 5. The van der Waals surface area contributed by atoms with Gasteiger partial charge in [-0.25, -0.2) is 4.98 Å². The minimum atomic E-state index is 0. The van der Waals surface area contributed by atoms with Gasteiger partial charge in [-0.05, 0) is 24.5 Å². The maximum Gasteiger partial charge on any atom is 0.191 e. The molecule has 9 heteroatoms. The largest absolute Gasteiger partial charge is 0.374 e. The fourth-order valence-electron chi connectivity index (χ4n) is 3.87. The second-order valence-electron chi connectivity index (χ2n) is 7.98. The van der Waals surface area contributed by atoms with E-state index in [1.165, 1.54) is 0 Å². The van der Waals surface area contributed by atoms with Gasteiger partial charge in [0.05, 0.1) is 17.7 Å². The lowest BCUT2D eigenvalue weighted by molar-refractivity contribution is -0.0284. The molecule has 2 unspecified atom stereocenters. The van der Waals surface area contributed by atoms with Crippen molar-refractivity contribution in [1.29, 1.82) is 0 Å². The maximum absolute atomic E-state index is 6.29. The van der Waals surface area contributed by atoms with E-state index < -0.39 is 0 Å². The van der Waals surface area contributed by atoms with E-state index in [1.54, 1.807) is 6.20 Å². The summed E-state index contributed by atoms with van der Waals surface area (Å²) in [6, 6.07) is 4.06. The molecule has 2 fully saturated rings. The molecule has 0 saturated carbocycles. The van der Waals surface area contributed by atoms with Crippen LogP contribution in [-0.2, 0) is 4.74 Å². The number of halogens is 2. The van der Waals surface area contributed by atoms with Crippen LogP contribution in [0.3, 0.4) is 0 Å². The highest BCUT2D eigenvalue weighted by atomic mass is 127. The number of hydrogen-bond donors (Lipinski definition) is 2. The number of pyridine rings is 1. The summed E-state index contributed by atoms with van der Waals surface area (Å²) in [5.74, 6) is 2.36. The van der Waals surface area contributed by atoms with Crippen molar-refractivity contribution in [3.05, 3.63) is 23.4 Å². The fraction of sp³-hybridized carbons (Fsp3) is 0.700. The molecule has 2 atom stereocenters. The third-order valence-corrected chi connectivity index (χ3v) is 5.43. The molecule has 0 spiro atoms. The molecule has 0 amide bonds. The van der Waals surface area contributed by atoms with Gasteiger partial charge in [0.1, 0.15) is 5.82 Å². The number of ether oxygens (including phenoxy) is 1. The summed E-state index contributed by atoms with van der Waals surface area (Å²) in [6.45, 7) is 11.0. The van der Waals surface area contributed by atoms with Crippen LogP contribution in [0, 0.1) is 5.92 Å². The first-order valence-corrected chi connectivity index (χ1v) is 10.6. The predicted octanol–water partition coefficient (Wildman–Crippen LogP) is 2.45. The number of rotatable bonds is 6. The van der Waals surface area contributed by atoms with Gasteiger partial charge < -0.3 is 20.3 Å². The number of aromatic nitrogens is 1. The molecule has 0 bridgehead atoms. The number of aliphatic imine (C=N–C) groups is 1. The van der Waals surface area contributed by atoms with Crippen molar-refractivity contribution >= 4 is 47.4 Å². The van der Waals surface area contributed by atoms with E-state index in [9.17, 15) is 0 Å². The van der Waals surface area contributed by atoms with Crippen LogP contribution in [0.25, 0.3) is 0 Å². The Kier molecular flexibility index (Phi) is 10.2. The van der Waals surface area contributed by atoms with E-state index in [1.807, 2.05) is 19.2 Å². The van der Waals surface area contributed by atoms with Crippen LogP contribution in [0.4, 0.5) is 5.82 Å². The zero-order valence-electron chi connectivity index (χ0n) is 17.6. The molecule has 2 N–H and O–H groups in total. The Labute approximate surface area is 196 Å². The quantitative estimate of drug-likeness (QED) is 0.331. The van der Waals surface area contributed by atoms with Crippen LogP contribution in [-0.4, -0.2) is 80.9 Å². The zero-order valence-corrected chi connectivity index (χ0v) is 20.7. The Morgan fingerprint density at radius 3 is 2.93 bits per heavy atom. The first kappa shape index (κ1) is 24.4. The average Bonchev–Trinajstić information content (AvgIpc) is 3.13. The molecule has 0 radical (unpaired) electrons. The van der Waals surface area contributed by atoms with E-state index in [2.05, 4.69) is 44.3 Å². The summed E-state index contributed by atoms with van der Waals surface area (Å²) in [5.41, 5.74) is 0. The van der Waals surface area contributed by atoms with Crippen molar-refractivity contribution in [1.82, 2.24) is 20.5 Å². The number of nitrogens with one attached hydrogen (secondary N) is 2. The topological polar surface area (TPSA) is 65.0 Å². The number of guanidine groups is 1. The molecule has 2 aliphatic heterocycles. The summed E-state index contributed by atoms with van der Waals surface area (Å²) < 4.78 is 5.92. The van der Waals surface area contributed by atoms with Crippen molar-refractivity contribution < 1.29 is 4.74 Å². The van der Waals surface area contributed by atoms with Gasteiger partial charge in [0.25, 0.3) is 0 Å². The van der Waals surface area contributed by atoms with Gasteiger partial charge in [-0.1, -0.05) is 25.4 Å². The van der Waals surface area contributed by atoms with Gasteiger partial charge in [0.15, 0.2) is 5.96 Å². The Morgan fingerprint density at radius 2 is 2.21 bits per heavy atom. The molecule has 3 rings (SSSR count). The lowest BCUT2D eigenvalue weighted by atomic mass is 10.2. The van der Waals surface area contributed by atoms with Crippen molar-refractivity contribution in [3.63, 3.8) is 0 Å². The van der Waals surface area contributed by atoms with Crippen molar-refractivity contribution in [2.75, 3.05) is 57.8 Å². The number of anilines is 1. The highest BCUT2D eigenvalue weighted by molar-refractivity contribution is 14.0. The van der Waals surface area contributed by atoms with Gasteiger partial charge in [0, 0.05) is 58.6 Å². The van der Waals surface area contributed by atoms with Gasteiger partial charge in [-0.15, -0.1) is 24.0 Å². The second-order valence-corrected chi connectivity index (χ2v) is 8.39. The van der Waals surface area contributed by atoms with Crippen molar-refractivity contribution in [2.45, 2.75) is 32.4 Å². The van der Waals surface area contributed by atoms with E-state index >= 15 is 0 Å². The maximum atomic E-state index is 6.29. The minimum Gasteiger partial charge on any atom is -0.374 e. The van der Waals surface area contributed by atoms with Crippen molar-refractivity contribution in [2.24, 2.45) is 10.9 Å². The van der Waals surface area contributed by atoms with Crippen LogP contribution in [0.5, 0.6) is 0 Å². The van der Waals surface area contributed by atoms with Crippen molar-refractivity contribution in [3.8, 4) is 0 Å². The second kappa shape index (κ2) is 12.1. The van der Waals surface area contributed by atoms with E-state index in [-0.39, 0.29) is 30.1 Å². The van der Waals surface area contributed by atoms with Crippen LogP contribution >= 0.6 is 35.6 Å². The third-order valence-electron chi connectivity index (χ3n) is 5.13.